The standard InChI is InChI=1S/C15H19NO4/c1-9-3-6-13(17)12(7-9)15(19)20-8-14(18)16-10(2)11-4-5-11/h3,6-7,10-11,17H,4-5,8H2,1-2H3,(H,16,18)/t10-/m1/s1. The summed E-state index contributed by atoms with van der Waals surface area (Å²) >= 11 is 0. The van der Waals surface area contributed by atoms with E-state index < -0.39 is 5.97 Å². The number of phenols is 1. The number of hydrogen-bond acceptors (Lipinski definition) is 4. The molecule has 0 bridgehead atoms. The van der Waals surface area contributed by atoms with Gasteiger partial charge in [0.1, 0.15) is 11.3 Å². The zero-order valence-electron chi connectivity index (χ0n) is 11.7. The summed E-state index contributed by atoms with van der Waals surface area (Å²) < 4.78 is 4.92. The molecule has 1 amide bonds. The van der Waals surface area contributed by atoms with Gasteiger partial charge >= 0.3 is 5.97 Å². The van der Waals surface area contributed by atoms with Crippen LogP contribution in [0.2, 0.25) is 0 Å². The third-order valence-corrected chi connectivity index (χ3v) is 3.42. The van der Waals surface area contributed by atoms with E-state index in [1.54, 1.807) is 13.0 Å². The number of carbonyl (C=O) groups excluding carboxylic acids is 2. The molecule has 1 aliphatic rings. The third-order valence-electron chi connectivity index (χ3n) is 3.42. The second-order valence-corrected chi connectivity index (χ2v) is 5.29. The number of rotatable bonds is 5. The Balaban J connectivity index is 1.85. The van der Waals surface area contributed by atoms with E-state index in [0.717, 1.165) is 18.4 Å². The van der Waals surface area contributed by atoms with Crippen LogP contribution in [-0.4, -0.2) is 29.6 Å². The van der Waals surface area contributed by atoms with Crippen molar-refractivity contribution in [3.63, 3.8) is 0 Å². The van der Waals surface area contributed by atoms with Gasteiger partial charge in [0.2, 0.25) is 0 Å². The number of aromatic hydroxyl groups is 1. The quantitative estimate of drug-likeness (QED) is 0.804. The van der Waals surface area contributed by atoms with Crippen molar-refractivity contribution in [2.45, 2.75) is 32.7 Å². The average molecular weight is 277 g/mol. The van der Waals surface area contributed by atoms with Crippen LogP contribution in [0.3, 0.4) is 0 Å². The maximum atomic E-state index is 11.8. The van der Waals surface area contributed by atoms with Crippen molar-refractivity contribution >= 4 is 11.9 Å². The Bertz CT molecular complexity index is 523. The molecule has 1 aromatic carbocycles. The molecule has 5 nitrogen and oxygen atoms in total. The molecule has 0 unspecified atom stereocenters. The molecule has 0 saturated heterocycles. The second kappa shape index (κ2) is 5.94. The fourth-order valence-corrected chi connectivity index (χ4v) is 2.03. The van der Waals surface area contributed by atoms with Crippen LogP contribution in [-0.2, 0) is 9.53 Å². The monoisotopic (exact) mass is 277 g/mol. The largest absolute Gasteiger partial charge is 0.507 e. The summed E-state index contributed by atoms with van der Waals surface area (Å²) in [5.74, 6) is -0.604. The van der Waals surface area contributed by atoms with Gasteiger partial charge in [-0.1, -0.05) is 11.6 Å². The maximum Gasteiger partial charge on any atom is 0.342 e. The van der Waals surface area contributed by atoms with Crippen molar-refractivity contribution in [2.75, 3.05) is 6.61 Å². The van der Waals surface area contributed by atoms with Gasteiger partial charge in [-0.15, -0.1) is 0 Å². The first-order valence-electron chi connectivity index (χ1n) is 6.73. The van der Waals surface area contributed by atoms with E-state index in [9.17, 15) is 14.7 Å². The van der Waals surface area contributed by atoms with Crippen LogP contribution in [0.25, 0.3) is 0 Å². The smallest absolute Gasteiger partial charge is 0.342 e. The number of nitrogens with one attached hydrogen (secondary N) is 1. The minimum absolute atomic E-state index is 0.0769. The first kappa shape index (κ1) is 14.4. The molecule has 108 valence electrons. The number of amides is 1. The van der Waals surface area contributed by atoms with E-state index in [1.807, 2.05) is 6.92 Å². The molecule has 5 heteroatoms. The number of phenolic OH excluding ortho intramolecular Hbond substituents is 1. The molecule has 1 saturated carbocycles. The Morgan fingerprint density at radius 2 is 2.15 bits per heavy atom. The summed E-state index contributed by atoms with van der Waals surface area (Å²) in [5, 5.41) is 12.4. The highest BCUT2D eigenvalue weighted by Gasteiger charge is 2.29. The van der Waals surface area contributed by atoms with Gasteiger partial charge in [-0.3, -0.25) is 4.79 Å². The number of carbonyl (C=O) groups is 2. The molecule has 1 aromatic rings. The lowest BCUT2D eigenvalue weighted by Gasteiger charge is -2.13. The SMILES string of the molecule is Cc1ccc(O)c(C(=O)OCC(=O)N[C@H](C)C2CC2)c1. The Hall–Kier alpha value is -2.04. The molecule has 0 spiro atoms. The minimum atomic E-state index is -0.694. The van der Waals surface area contributed by atoms with Crippen molar-refractivity contribution in [1.29, 1.82) is 0 Å². The van der Waals surface area contributed by atoms with E-state index in [2.05, 4.69) is 5.32 Å². The number of benzene rings is 1. The average Bonchev–Trinajstić information content (AvgIpc) is 3.23. The topological polar surface area (TPSA) is 75.6 Å². The number of esters is 1. The van der Waals surface area contributed by atoms with Crippen LogP contribution in [0.4, 0.5) is 0 Å². The van der Waals surface area contributed by atoms with E-state index in [0.29, 0.717) is 5.92 Å². The predicted octanol–water partition coefficient (Wildman–Crippen LogP) is 1.77. The molecular formula is C15H19NO4. The summed E-state index contributed by atoms with van der Waals surface area (Å²) in [6.45, 7) is 3.42. The lowest BCUT2D eigenvalue weighted by atomic mass is 10.1. The van der Waals surface area contributed by atoms with E-state index in [1.165, 1.54) is 12.1 Å². The summed E-state index contributed by atoms with van der Waals surface area (Å²) in [5.41, 5.74) is 0.912. The second-order valence-electron chi connectivity index (χ2n) is 5.29. The summed E-state index contributed by atoms with van der Waals surface area (Å²) in [6, 6.07) is 4.77. The van der Waals surface area contributed by atoms with Gasteiger partial charge < -0.3 is 15.2 Å². The molecule has 0 heterocycles. The van der Waals surface area contributed by atoms with Crippen LogP contribution in [0, 0.1) is 12.8 Å². The van der Waals surface area contributed by atoms with Gasteiger partial charge in [0.15, 0.2) is 6.61 Å². The molecule has 0 radical (unpaired) electrons. The Labute approximate surface area is 117 Å². The van der Waals surface area contributed by atoms with Gasteiger partial charge in [0.25, 0.3) is 5.91 Å². The van der Waals surface area contributed by atoms with E-state index >= 15 is 0 Å². The minimum Gasteiger partial charge on any atom is -0.507 e. The fraction of sp³-hybridized carbons (Fsp3) is 0.467. The molecule has 1 atom stereocenters. The third kappa shape index (κ3) is 3.73. The van der Waals surface area contributed by atoms with Crippen LogP contribution in [0.5, 0.6) is 5.75 Å². The fourth-order valence-electron chi connectivity index (χ4n) is 2.03. The molecule has 1 aliphatic carbocycles. The van der Waals surface area contributed by atoms with Gasteiger partial charge in [-0.2, -0.15) is 0 Å². The summed E-state index contributed by atoms with van der Waals surface area (Å²) in [6.07, 6.45) is 2.27. The Morgan fingerprint density at radius 1 is 1.45 bits per heavy atom. The number of aryl methyl sites for hydroxylation is 1. The number of ether oxygens (including phenoxy) is 1. The van der Waals surface area contributed by atoms with Gasteiger partial charge in [0.05, 0.1) is 0 Å². The molecular weight excluding hydrogens is 258 g/mol. The van der Waals surface area contributed by atoms with Crippen molar-refractivity contribution in [3.8, 4) is 5.75 Å². The predicted molar refractivity (Wildman–Crippen MR) is 73.5 cm³/mol. The molecule has 20 heavy (non-hydrogen) atoms. The van der Waals surface area contributed by atoms with Crippen LogP contribution in [0.1, 0.15) is 35.7 Å². The molecule has 0 aromatic heterocycles. The molecule has 2 N–H and O–H groups in total. The lowest BCUT2D eigenvalue weighted by molar-refractivity contribution is -0.125. The molecule has 1 fully saturated rings. The van der Waals surface area contributed by atoms with E-state index in [4.69, 9.17) is 4.74 Å². The van der Waals surface area contributed by atoms with Gasteiger partial charge in [0, 0.05) is 6.04 Å². The summed E-state index contributed by atoms with van der Waals surface area (Å²) in [4.78, 5) is 23.4. The van der Waals surface area contributed by atoms with Crippen molar-refractivity contribution in [3.05, 3.63) is 29.3 Å². The Morgan fingerprint density at radius 3 is 2.80 bits per heavy atom. The van der Waals surface area contributed by atoms with Crippen molar-refractivity contribution < 1.29 is 19.4 Å². The highest BCUT2D eigenvalue weighted by molar-refractivity contribution is 5.94. The van der Waals surface area contributed by atoms with Crippen LogP contribution < -0.4 is 5.32 Å². The zero-order chi connectivity index (χ0) is 14.7. The van der Waals surface area contributed by atoms with Gasteiger partial charge in [-0.05, 0) is 44.7 Å². The Kier molecular flexibility index (Phi) is 4.27. The highest BCUT2D eigenvalue weighted by Crippen LogP contribution is 2.32. The molecule has 0 aliphatic heterocycles. The van der Waals surface area contributed by atoms with Crippen molar-refractivity contribution in [1.82, 2.24) is 5.32 Å². The normalized spacial score (nSPS) is 15.5. The van der Waals surface area contributed by atoms with Crippen LogP contribution >= 0.6 is 0 Å². The number of hydrogen-bond donors (Lipinski definition) is 2. The van der Waals surface area contributed by atoms with Crippen molar-refractivity contribution in [2.24, 2.45) is 5.92 Å². The first-order valence-corrected chi connectivity index (χ1v) is 6.73. The summed E-state index contributed by atoms with van der Waals surface area (Å²) in [7, 11) is 0. The van der Waals surface area contributed by atoms with E-state index in [-0.39, 0.29) is 29.9 Å². The van der Waals surface area contributed by atoms with Gasteiger partial charge in [-0.25, -0.2) is 4.79 Å². The highest BCUT2D eigenvalue weighted by atomic mass is 16.5. The lowest BCUT2D eigenvalue weighted by Crippen LogP contribution is -2.37. The van der Waals surface area contributed by atoms with Crippen LogP contribution in [0.15, 0.2) is 18.2 Å². The zero-order valence-corrected chi connectivity index (χ0v) is 11.7. The maximum absolute atomic E-state index is 11.8. The first-order chi connectivity index (χ1) is 9.47. The molecule has 2 rings (SSSR count).